The minimum absolute atomic E-state index is 0.00727. The van der Waals surface area contributed by atoms with Crippen molar-refractivity contribution in [2.45, 2.75) is 44.6 Å². The van der Waals surface area contributed by atoms with Crippen LogP contribution in [0.5, 0.6) is 0 Å². The van der Waals surface area contributed by atoms with Gasteiger partial charge in [-0.1, -0.05) is 18.2 Å². The number of likely N-dealkylation sites (tertiary alicyclic amines) is 1. The number of carbonyl (C=O) groups excluding carboxylic acids is 1. The van der Waals surface area contributed by atoms with Crippen molar-refractivity contribution in [3.8, 4) is 5.69 Å². The van der Waals surface area contributed by atoms with E-state index >= 15 is 0 Å². The predicted octanol–water partition coefficient (Wildman–Crippen LogP) is 2.44. The van der Waals surface area contributed by atoms with E-state index < -0.39 is 5.97 Å². The lowest BCUT2D eigenvalue weighted by Gasteiger charge is -2.22. The zero-order valence-corrected chi connectivity index (χ0v) is 14.0. The molecule has 1 aromatic carbocycles. The predicted molar refractivity (Wildman–Crippen MR) is 91.9 cm³/mol. The molecular formula is C19H21N3O3. The fourth-order valence-electron chi connectivity index (χ4n) is 4.04. The quantitative estimate of drug-likeness (QED) is 0.928. The minimum atomic E-state index is -0.857. The lowest BCUT2D eigenvalue weighted by atomic mass is 10.1. The van der Waals surface area contributed by atoms with Crippen LogP contribution in [0, 0.1) is 0 Å². The second-order valence-corrected chi connectivity index (χ2v) is 6.77. The Labute approximate surface area is 146 Å². The van der Waals surface area contributed by atoms with Gasteiger partial charge in [0.25, 0.3) is 5.91 Å². The summed E-state index contributed by atoms with van der Waals surface area (Å²) in [6.07, 6.45) is 4.42. The summed E-state index contributed by atoms with van der Waals surface area (Å²) < 4.78 is 1.89. The maximum atomic E-state index is 13.1. The van der Waals surface area contributed by atoms with Crippen molar-refractivity contribution < 1.29 is 14.7 Å². The SMILES string of the molecule is O=C(O)C[C@H]1CCCN1C(=O)c1nn(-c2ccccc2)c2c1CCC2. The summed E-state index contributed by atoms with van der Waals surface area (Å²) >= 11 is 0. The molecule has 6 heteroatoms. The number of fused-ring (bicyclic) bond motifs is 1. The van der Waals surface area contributed by atoms with E-state index in [0.29, 0.717) is 12.2 Å². The Hall–Kier alpha value is -2.63. The molecule has 0 radical (unpaired) electrons. The number of para-hydroxylation sites is 1. The summed E-state index contributed by atoms with van der Waals surface area (Å²) in [5.41, 5.74) is 3.62. The van der Waals surface area contributed by atoms with Crippen LogP contribution in [0.3, 0.4) is 0 Å². The van der Waals surface area contributed by atoms with Crippen LogP contribution in [0.15, 0.2) is 30.3 Å². The standard InChI is InChI=1S/C19H21N3O3/c23-17(24)12-14-8-5-11-21(14)19(25)18-15-9-4-10-16(15)22(20-18)13-6-2-1-3-7-13/h1-3,6-7,14H,4-5,8-12H2,(H,23,24)/t14-/m1/s1. The molecule has 1 aliphatic carbocycles. The molecule has 1 N–H and O–H groups in total. The number of benzene rings is 1. The van der Waals surface area contributed by atoms with E-state index in [0.717, 1.165) is 49.0 Å². The third-order valence-electron chi connectivity index (χ3n) is 5.18. The summed E-state index contributed by atoms with van der Waals surface area (Å²) in [6, 6.07) is 9.64. The molecule has 1 saturated heterocycles. The molecular weight excluding hydrogens is 318 g/mol. The first kappa shape index (κ1) is 15.9. The topological polar surface area (TPSA) is 75.4 Å². The Balaban J connectivity index is 1.69. The van der Waals surface area contributed by atoms with Crippen LogP contribution in [0.1, 0.15) is 47.4 Å². The van der Waals surface area contributed by atoms with Gasteiger partial charge >= 0.3 is 5.97 Å². The third-order valence-corrected chi connectivity index (χ3v) is 5.18. The highest BCUT2D eigenvalue weighted by Gasteiger charge is 2.35. The number of aliphatic carboxylic acids is 1. The van der Waals surface area contributed by atoms with E-state index in [4.69, 9.17) is 5.11 Å². The fourth-order valence-corrected chi connectivity index (χ4v) is 4.04. The lowest BCUT2D eigenvalue weighted by molar-refractivity contribution is -0.137. The molecule has 4 rings (SSSR count). The van der Waals surface area contributed by atoms with E-state index in [1.54, 1.807) is 4.90 Å². The molecule has 130 valence electrons. The highest BCUT2D eigenvalue weighted by molar-refractivity contribution is 5.95. The third kappa shape index (κ3) is 2.81. The van der Waals surface area contributed by atoms with E-state index in [1.165, 1.54) is 0 Å². The van der Waals surface area contributed by atoms with Crippen molar-refractivity contribution in [3.63, 3.8) is 0 Å². The molecule has 25 heavy (non-hydrogen) atoms. The first-order valence-corrected chi connectivity index (χ1v) is 8.84. The Morgan fingerprint density at radius 3 is 2.72 bits per heavy atom. The van der Waals surface area contributed by atoms with Gasteiger partial charge in [-0.3, -0.25) is 9.59 Å². The summed E-state index contributed by atoms with van der Waals surface area (Å²) in [5.74, 6) is -0.971. The van der Waals surface area contributed by atoms with Gasteiger partial charge in [0.1, 0.15) is 0 Å². The van der Waals surface area contributed by atoms with Crippen LogP contribution >= 0.6 is 0 Å². The molecule has 1 fully saturated rings. The largest absolute Gasteiger partial charge is 0.481 e. The number of hydrogen-bond donors (Lipinski definition) is 1. The van der Waals surface area contributed by atoms with Crippen LogP contribution in [0.25, 0.3) is 5.69 Å². The molecule has 1 atom stereocenters. The fraction of sp³-hybridized carbons (Fsp3) is 0.421. The highest BCUT2D eigenvalue weighted by Crippen LogP contribution is 2.30. The molecule has 1 aromatic heterocycles. The van der Waals surface area contributed by atoms with Gasteiger partial charge in [0, 0.05) is 23.8 Å². The van der Waals surface area contributed by atoms with Gasteiger partial charge in [-0.2, -0.15) is 5.10 Å². The highest BCUT2D eigenvalue weighted by atomic mass is 16.4. The van der Waals surface area contributed by atoms with Crippen molar-refractivity contribution >= 4 is 11.9 Å². The minimum Gasteiger partial charge on any atom is -0.481 e. The summed E-state index contributed by atoms with van der Waals surface area (Å²) in [7, 11) is 0. The van der Waals surface area contributed by atoms with Gasteiger partial charge in [-0.05, 0) is 44.2 Å². The average Bonchev–Trinajstić information content (AvgIpc) is 3.30. The maximum absolute atomic E-state index is 13.1. The molecule has 6 nitrogen and oxygen atoms in total. The van der Waals surface area contributed by atoms with Crippen molar-refractivity contribution in [2.24, 2.45) is 0 Å². The summed E-state index contributed by atoms with van der Waals surface area (Å²) in [5, 5.41) is 13.7. The van der Waals surface area contributed by atoms with Crippen LogP contribution in [0.4, 0.5) is 0 Å². The van der Waals surface area contributed by atoms with Gasteiger partial charge in [0.2, 0.25) is 0 Å². The van der Waals surface area contributed by atoms with Crippen LogP contribution in [0.2, 0.25) is 0 Å². The van der Waals surface area contributed by atoms with Gasteiger partial charge in [-0.15, -0.1) is 0 Å². The molecule has 2 aromatic rings. The van der Waals surface area contributed by atoms with E-state index in [1.807, 2.05) is 35.0 Å². The van der Waals surface area contributed by atoms with Crippen LogP contribution in [-0.2, 0) is 17.6 Å². The number of nitrogens with zero attached hydrogens (tertiary/aromatic N) is 3. The summed E-state index contributed by atoms with van der Waals surface area (Å²) in [6.45, 7) is 0.615. The first-order valence-electron chi connectivity index (χ1n) is 8.84. The second kappa shape index (κ2) is 6.35. The molecule has 0 unspecified atom stereocenters. The Morgan fingerprint density at radius 1 is 1.16 bits per heavy atom. The van der Waals surface area contributed by atoms with Crippen molar-refractivity contribution in [3.05, 3.63) is 47.3 Å². The molecule has 0 saturated carbocycles. The van der Waals surface area contributed by atoms with Crippen LogP contribution < -0.4 is 0 Å². The van der Waals surface area contributed by atoms with Gasteiger partial charge in [0.15, 0.2) is 5.69 Å². The molecule has 1 amide bonds. The number of aromatic nitrogens is 2. The second-order valence-electron chi connectivity index (χ2n) is 6.77. The molecule has 0 spiro atoms. The first-order chi connectivity index (χ1) is 12.1. The van der Waals surface area contributed by atoms with Crippen molar-refractivity contribution in [2.75, 3.05) is 6.54 Å². The van der Waals surface area contributed by atoms with E-state index in [2.05, 4.69) is 5.10 Å². The Morgan fingerprint density at radius 2 is 1.96 bits per heavy atom. The number of hydrogen-bond acceptors (Lipinski definition) is 3. The zero-order valence-electron chi connectivity index (χ0n) is 14.0. The van der Waals surface area contributed by atoms with Crippen molar-refractivity contribution in [1.82, 2.24) is 14.7 Å². The molecule has 2 aliphatic rings. The maximum Gasteiger partial charge on any atom is 0.305 e. The number of carboxylic acids is 1. The number of rotatable bonds is 4. The Bertz CT molecular complexity index is 813. The van der Waals surface area contributed by atoms with Gasteiger partial charge in [-0.25, -0.2) is 4.68 Å². The number of carbonyl (C=O) groups is 2. The van der Waals surface area contributed by atoms with E-state index in [-0.39, 0.29) is 18.4 Å². The van der Waals surface area contributed by atoms with Gasteiger partial charge < -0.3 is 10.0 Å². The van der Waals surface area contributed by atoms with Crippen LogP contribution in [-0.4, -0.2) is 44.3 Å². The monoisotopic (exact) mass is 339 g/mol. The molecule has 2 heterocycles. The number of carboxylic acid groups (broad SMARTS) is 1. The smallest absolute Gasteiger partial charge is 0.305 e. The number of amides is 1. The zero-order chi connectivity index (χ0) is 17.4. The van der Waals surface area contributed by atoms with Gasteiger partial charge in [0.05, 0.1) is 12.1 Å². The molecule has 0 bridgehead atoms. The summed E-state index contributed by atoms with van der Waals surface area (Å²) in [4.78, 5) is 25.9. The Kier molecular flexibility index (Phi) is 4.03. The molecule has 1 aliphatic heterocycles. The van der Waals surface area contributed by atoms with E-state index in [9.17, 15) is 9.59 Å². The lowest BCUT2D eigenvalue weighted by Crippen LogP contribution is -2.37. The average molecular weight is 339 g/mol. The van der Waals surface area contributed by atoms with Crippen molar-refractivity contribution in [1.29, 1.82) is 0 Å². The normalized spacial score (nSPS) is 19.2.